The van der Waals surface area contributed by atoms with Gasteiger partial charge in [0.25, 0.3) is 0 Å². The summed E-state index contributed by atoms with van der Waals surface area (Å²) in [6, 6.07) is 9.37. The van der Waals surface area contributed by atoms with Crippen LogP contribution >= 0.6 is 0 Å². The summed E-state index contributed by atoms with van der Waals surface area (Å²) in [5.41, 5.74) is 9.55. The summed E-state index contributed by atoms with van der Waals surface area (Å²) in [6.07, 6.45) is 3.59. The van der Waals surface area contributed by atoms with E-state index < -0.39 is 29.4 Å². The Balaban J connectivity index is 1.58. The lowest BCUT2D eigenvalue weighted by Gasteiger charge is -2.53. The van der Waals surface area contributed by atoms with Crippen molar-refractivity contribution in [2.75, 3.05) is 32.5 Å². The number of aryl methyl sites for hydroxylation is 1. The van der Waals surface area contributed by atoms with E-state index in [1.807, 2.05) is 69.2 Å². The molecule has 6 N–H and O–H groups in total. The third-order valence-electron chi connectivity index (χ3n) is 9.14. The highest BCUT2D eigenvalue weighted by atomic mass is 16.2. The van der Waals surface area contributed by atoms with Crippen LogP contribution in [0.4, 0.5) is 15.3 Å². The van der Waals surface area contributed by atoms with E-state index in [0.717, 1.165) is 34.1 Å². The lowest BCUT2D eigenvalue weighted by atomic mass is 9.71. The van der Waals surface area contributed by atoms with Crippen molar-refractivity contribution < 1.29 is 23.7 Å². The normalized spacial score (nSPS) is 24.6. The minimum atomic E-state index is -1.19. The van der Waals surface area contributed by atoms with Crippen molar-refractivity contribution in [3.8, 4) is 0 Å². The first-order valence-corrected chi connectivity index (χ1v) is 14.7. The highest BCUT2D eigenvalue weighted by molar-refractivity contribution is 5.95. The van der Waals surface area contributed by atoms with Gasteiger partial charge in [0.15, 0.2) is 0 Å². The smallest absolute Gasteiger partial charge is 0.353 e. The predicted octanol–water partition coefficient (Wildman–Crippen LogP) is 2.73. The van der Waals surface area contributed by atoms with E-state index in [1.165, 1.54) is 0 Å². The third-order valence-corrected chi connectivity index (χ3v) is 9.14. The second-order valence-electron chi connectivity index (χ2n) is 12.4. The molecule has 0 aliphatic carbocycles. The van der Waals surface area contributed by atoms with Gasteiger partial charge >= 0.3 is 12.1 Å². The molecule has 43 heavy (non-hydrogen) atoms. The number of quaternary nitrogens is 1. The van der Waals surface area contributed by atoms with Crippen LogP contribution in [0.25, 0.3) is 10.9 Å². The summed E-state index contributed by atoms with van der Waals surface area (Å²) < 4.78 is -0.307. The fourth-order valence-corrected chi connectivity index (χ4v) is 6.90. The van der Waals surface area contributed by atoms with Crippen LogP contribution in [0, 0.1) is 12.8 Å². The number of H-pyrrole nitrogens is 1. The number of primary amides is 1. The number of benzene rings is 2. The molecule has 5 amide bonds. The van der Waals surface area contributed by atoms with Gasteiger partial charge in [-0.3, -0.25) is 9.89 Å². The fourth-order valence-electron chi connectivity index (χ4n) is 6.90. The molecule has 0 bridgehead atoms. The van der Waals surface area contributed by atoms with Gasteiger partial charge < -0.3 is 31.4 Å². The number of hydrogen-bond acceptors (Lipinski definition) is 6. The molecule has 0 saturated carbocycles. The minimum Gasteiger partial charge on any atom is -0.353 e. The molecule has 1 fully saturated rings. The number of para-hydroxylation sites is 1. The molecule has 1 spiro atoms. The van der Waals surface area contributed by atoms with Gasteiger partial charge in [0, 0.05) is 41.1 Å². The first-order valence-electron chi connectivity index (χ1n) is 14.7. The van der Waals surface area contributed by atoms with Crippen molar-refractivity contribution in [1.29, 1.82) is 0 Å². The van der Waals surface area contributed by atoms with E-state index in [0.29, 0.717) is 24.8 Å². The van der Waals surface area contributed by atoms with Crippen molar-refractivity contribution >= 4 is 40.8 Å². The van der Waals surface area contributed by atoms with Crippen LogP contribution in [0.2, 0.25) is 0 Å². The zero-order chi connectivity index (χ0) is 30.9. The number of nitrogens with one attached hydrogen (secondary N) is 4. The van der Waals surface area contributed by atoms with Crippen molar-refractivity contribution in [3.05, 3.63) is 59.3 Å². The van der Waals surface area contributed by atoms with Gasteiger partial charge in [-0.2, -0.15) is 5.10 Å². The predicted molar refractivity (Wildman–Crippen MR) is 163 cm³/mol. The molecule has 2 aromatic carbocycles. The molecule has 1 aromatic heterocycles. The summed E-state index contributed by atoms with van der Waals surface area (Å²) >= 11 is 0. The number of carbonyl (C=O) groups excluding carboxylic acids is 4. The van der Waals surface area contributed by atoms with Crippen molar-refractivity contribution in [1.82, 2.24) is 25.7 Å². The van der Waals surface area contributed by atoms with Gasteiger partial charge in [-0.25, -0.2) is 14.1 Å². The maximum absolute atomic E-state index is 13.8. The van der Waals surface area contributed by atoms with Crippen molar-refractivity contribution in [2.45, 2.75) is 57.3 Å². The maximum atomic E-state index is 13.8. The van der Waals surface area contributed by atoms with E-state index in [2.05, 4.69) is 26.1 Å². The number of urea groups is 2. The number of nitrogens with zero attached hydrogens (tertiary/aromatic N) is 3. The molecule has 12 nitrogen and oxygen atoms in total. The minimum absolute atomic E-state index is 0.163. The molecule has 3 heterocycles. The average Bonchev–Trinajstić information content (AvgIpc) is 3.43. The summed E-state index contributed by atoms with van der Waals surface area (Å²) in [5.74, 6) is -1.65. The Kier molecular flexibility index (Phi) is 8.26. The summed E-state index contributed by atoms with van der Waals surface area (Å²) in [7, 11) is 3.91. The summed E-state index contributed by atoms with van der Waals surface area (Å²) in [4.78, 5) is 55.3. The number of amides is 5. The van der Waals surface area contributed by atoms with Gasteiger partial charge in [-0.15, -0.1) is 0 Å². The van der Waals surface area contributed by atoms with Crippen molar-refractivity contribution in [3.63, 3.8) is 0 Å². The number of aldehydes is 1. The highest BCUT2D eigenvalue weighted by Crippen LogP contribution is 2.46. The van der Waals surface area contributed by atoms with Gasteiger partial charge in [-0.1, -0.05) is 18.2 Å². The topological polar surface area (TPSA) is 162 Å². The number of nitrogens with two attached hydrogens (primary N) is 1. The second-order valence-corrected chi connectivity index (χ2v) is 12.4. The van der Waals surface area contributed by atoms with Crippen LogP contribution in [-0.4, -0.2) is 83.1 Å². The highest BCUT2D eigenvalue weighted by Gasteiger charge is 2.59. The van der Waals surface area contributed by atoms with E-state index in [1.54, 1.807) is 6.20 Å². The number of carbonyl (C=O) groups is 4. The molecular formula is C31H41N8O4+. The van der Waals surface area contributed by atoms with Crippen LogP contribution < -0.4 is 21.7 Å². The number of rotatable bonds is 9. The lowest BCUT2D eigenvalue weighted by molar-refractivity contribution is -0.897. The number of fused-ring (bicyclic) bond motifs is 3. The number of piperidine rings is 1. The van der Waals surface area contributed by atoms with Crippen LogP contribution in [0.3, 0.4) is 0 Å². The van der Waals surface area contributed by atoms with E-state index in [4.69, 9.17) is 5.73 Å². The number of aromatic nitrogens is 2. The van der Waals surface area contributed by atoms with Gasteiger partial charge in [0.2, 0.25) is 5.91 Å². The molecule has 228 valence electrons. The molecule has 5 unspecified atom stereocenters. The Labute approximate surface area is 250 Å². The second kappa shape index (κ2) is 11.8. The fraction of sp³-hybridized carbons (Fsp3) is 0.452. The maximum Gasteiger partial charge on any atom is 0.414 e. The Hall–Kier alpha value is -4.29. The Morgan fingerprint density at radius 1 is 1.28 bits per heavy atom. The third kappa shape index (κ3) is 5.72. The first kappa shape index (κ1) is 30.2. The van der Waals surface area contributed by atoms with E-state index in [9.17, 15) is 19.2 Å². The number of aromatic amines is 1. The van der Waals surface area contributed by atoms with Crippen LogP contribution in [0.5, 0.6) is 0 Å². The molecule has 1 saturated heterocycles. The standard InChI is InChI=1S/C31H40N8O4/c1-19-13-21(14-22-16-33-37-27(19)22)17-39(29(32)42)12-10-31(24-7-5-6-8-25(24)35-30(43)36-31)15-26(39)23(18-40)28(41)34-20(2)9-11-38(3)4/h5-8,13-14,16,18,20,23,26H,9-12,15,17H2,1-4H3,(H5-,32,33,34,35,36,37,41,42,43)/p+1. The summed E-state index contributed by atoms with van der Waals surface area (Å²) in [6.45, 7) is 5.00. The SMILES string of the molecule is Cc1cc(C[N+]2(C(N)=O)CCC3(CC2C(C=O)C(=O)NC(C)CCN(C)C)NC(=O)Nc2ccccc23)cc2cn[nH]c12. The monoisotopic (exact) mass is 589 g/mol. The summed E-state index contributed by atoms with van der Waals surface area (Å²) in [5, 5.41) is 17.0. The quantitative estimate of drug-likeness (QED) is 0.146. The molecule has 12 heteroatoms. The van der Waals surface area contributed by atoms with Gasteiger partial charge in [-0.05, 0) is 64.7 Å². The molecule has 5 rings (SSSR count). The lowest BCUT2D eigenvalue weighted by Crippen LogP contribution is -2.72. The Morgan fingerprint density at radius 3 is 2.77 bits per heavy atom. The molecule has 2 aliphatic heterocycles. The molecular weight excluding hydrogens is 548 g/mol. The number of likely N-dealkylation sites (tertiary alicyclic amines) is 1. The van der Waals surface area contributed by atoms with E-state index in [-0.39, 0.29) is 36.1 Å². The van der Waals surface area contributed by atoms with E-state index >= 15 is 0 Å². The zero-order valence-corrected chi connectivity index (χ0v) is 25.1. The Bertz CT molecular complexity index is 1550. The molecule has 5 atom stereocenters. The Morgan fingerprint density at radius 2 is 2.05 bits per heavy atom. The van der Waals surface area contributed by atoms with Crippen LogP contribution in [-0.2, 0) is 21.7 Å². The van der Waals surface area contributed by atoms with Crippen LogP contribution in [0.15, 0.2) is 42.6 Å². The van der Waals surface area contributed by atoms with Crippen molar-refractivity contribution in [2.24, 2.45) is 11.7 Å². The zero-order valence-electron chi connectivity index (χ0n) is 25.1. The van der Waals surface area contributed by atoms with Crippen LogP contribution in [0.1, 0.15) is 42.9 Å². The molecule has 3 aromatic rings. The van der Waals surface area contributed by atoms with Gasteiger partial charge in [0.1, 0.15) is 24.8 Å². The average molecular weight is 590 g/mol. The first-order chi connectivity index (χ1) is 20.5. The number of anilines is 1. The molecule has 2 aliphatic rings. The van der Waals surface area contributed by atoms with Gasteiger partial charge in [0.05, 0.1) is 23.8 Å². The molecule has 0 radical (unpaired) electrons. The number of hydrogen-bond donors (Lipinski definition) is 5. The largest absolute Gasteiger partial charge is 0.414 e.